The van der Waals surface area contributed by atoms with Gasteiger partial charge in [0.15, 0.2) is 0 Å². The van der Waals surface area contributed by atoms with Crippen molar-refractivity contribution in [1.82, 2.24) is 25.2 Å². The van der Waals surface area contributed by atoms with Gasteiger partial charge in [0.2, 0.25) is 11.8 Å². The van der Waals surface area contributed by atoms with E-state index in [0.717, 1.165) is 60.7 Å². The summed E-state index contributed by atoms with van der Waals surface area (Å²) in [7, 11) is 0. The number of nitrogens with one attached hydrogen (secondary N) is 1. The van der Waals surface area contributed by atoms with E-state index in [1.54, 1.807) is 9.58 Å². The summed E-state index contributed by atoms with van der Waals surface area (Å²) >= 11 is 0. The van der Waals surface area contributed by atoms with E-state index in [2.05, 4.69) is 15.6 Å². The zero-order valence-electron chi connectivity index (χ0n) is 20.9. The van der Waals surface area contributed by atoms with E-state index in [9.17, 15) is 9.59 Å². The maximum atomic E-state index is 14.0. The van der Waals surface area contributed by atoms with Gasteiger partial charge in [-0.2, -0.15) is 0 Å². The number of benzene rings is 2. The fourth-order valence-electron chi connectivity index (χ4n) is 5.48. The van der Waals surface area contributed by atoms with Gasteiger partial charge in [0, 0.05) is 19.2 Å². The highest BCUT2D eigenvalue weighted by Crippen LogP contribution is 2.28. The highest BCUT2D eigenvalue weighted by atomic mass is 16.5. The SMILES string of the molecule is Cc1ccccc1[C@H](C(=O)NC1CCCCC1)N(C[C@H]1CCCO1)C(=O)Cn1nnc2ccccc21. The summed E-state index contributed by atoms with van der Waals surface area (Å²) in [6.45, 7) is 3.05. The first-order chi connectivity index (χ1) is 17.6. The molecule has 1 saturated heterocycles. The van der Waals surface area contributed by atoms with Gasteiger partial charge >= 0.3 is 0 Å². The van der Waals surface area contributed by atoms with Gasteiger partial charge < -0.3 is 15.0 Å². The van der Waals surface area contributed by atoms with Gasteiger partial charge in [0.05, 0.1) is 11.6 Å². The minimum atomic E-state index is -0.736. The predicted molar refractivity (Wildman–Crippen MR) is 137 cm³/mol. The Labute approximate surface area is 212 Å². The number of hydrogen-bond acceptors (Lipinski definition) is 5. The Bertz CT molecular complexity index is 1200. The van der Waals surface area contributed by atoms with Crippen LogP contribution in [0.15, 0.2) is 48.5 Å². The molecule has 190 valence electrons. The lowest BCUT2D eigenvalue weighted by Gasteiger charge is -2.35. The number of para-hydroxylation sites is 1. The summed E-state index contributed by atoms with van der Waals surface area (Å²) in [5, 5.41) is 11.7. The second-order valence-corrected chi connectivity index (χ2v) is 10.0. The molecule has 2 amide bonds. The normalized spacial score (nSPS) is 19.3. The molecule has 2 atom stereocenters. The number of aromatic nitrogens is 3. The summed E-state index contributed by atoms with van der Waals surface area (Å²) in [5.41, 5.74) is 3.36. The van der Waals surface area contributed by atoms with Crippen molar-refractivity contribution in [2.24, 2.45) is 0 Å². The summed E-state index contributed by atoms with van der Waals surface area (Å²) in [4.78, 5) is 29.6. The smallest absolute Gasteiger partial charge is 0.247 e. The molecule has 0 unspecified atom stereocenters. The third-order valence-corrected chi connectivity index (χ3v) is 7.44. The van der Waals surface area contributed by atoms with Crippen molar-refractivity contribution < 1.29 is 14.3 Å². The maximum Gasteiger partial charge on any atom is 0.247 e. The van der Waals surface area contributed by atoms with Crippen molar-refractivity contribution in [1.29, 1.82) is 0 Å². The molecule has 1 aromatic heterocycles. The van der Waals surface area contributed by atoms with Gasteiger partial charge in [0.25, 0.3) is 0 Å². The number of hydrogen-bond donors (Lipinski definition) is 1. The summed E-state index contributed by atoms with van der Waals surface area (Å²) in [6.07, 6.45) is 7.17. The highest BCUT2D eigenvalue weighted by molar-refractivity contribution is 5.89. The molecule has 8 nitrogen and oxygen atoms in total. The largest absolute Gasteiger partial charge is 0.376 e. The first-order valence-corrected chi connectivity index (χ1v) is 13.2. The molecule has 1 aliphatic heterocycles. The molecule has 0 bridgehead atoms. The molecule has 1 N–H and O–H groups in total. The lowest BCUT2D eigenvalue weighted by molar-refractivity contribution is -0.143. The van der Waals surface area contributed by atoms with E-state index < -0.39 is 6.04 Å². The number of carbonyl (C=O) groups excluding carboxylic acids is 2. The van der Waals surface area contributed by atoms with Crippen LogP contribution in [0.2, 0.25) is 0 Å². The summed E-state index contributed by atoms with van der Waals surface area (Å²) < 4.78 is 7.54. The number of ether oxygens (including phenoxy) is 1. The second-order valence-electron chi connectivity index (χ2n) is 10.0. The minimum Gasteiger partial charge on any atom is -0.376 e. The van der Waals surface area contributed by atoms with Gasteiger partial charge in [-0.15, -0.1) is 5.10 Å². The lowest BCUT2D eigenvalue weighted by atomic mass is 9.94. The van der Waals surface area contributed by atoms with E-state index in [4.69, 9.17) is 4.74 Å². The van der Waals surface area contributed by atoms with Crippen LogP contribution in [0.5, 0.6) is 0 Å². The Morgan fingerprint density at radius 3 is 2.61 bits per heavy atom. The predicted octanol–water partition coefficient (Wildman–Crippen LogP) is 3.94. The molecule has 5 rings (SSSR count). The van der Waals surface area contributed by atoms with E-state index in [1.807, 2.05) is 55.5 Å². The van der Waals surface area contributed by atoms with Crippen LogP contribution in [0, 0.1) is 6.92 Å². The molecular weight excluding hydrogens is 454 g/mol. The average Bonchev–Trinajstić information content (AvgIpc) is 3.55. The average molecular weight is 490 g/mol. The third kappa shape index (κ3) is 5.43. The highest BCUT2D eigenvalue weighted by Gasteiger charge is 2.36. The summed E-state index contributed by atoms with van der Waals surface area (Å²) in [6, 6.07) is 14.9. The molecule has 2 heterocycles. The Morgan fingerprint density at radius 1 is 1.06 bits per heavy atom. The Balaban J connectivity index is 1.48. The van der Waals surface area contributed by atoms with Gasteiger partial charge in [0.1, 0.15) is 18.1 Å². The van der Waals surface area contributed by atoms with Crippen LogP contribution in [-0.4, -0.2) is 57.0 Å². The van der Waals surface area contributed by atoms with Crippen LogP contribution in [0.3, 0.4) is 0 Å². The number of carbonyl (C=O) groups is 2. The lowest BCUT2D eigenvalue weighted by Crippen LogP contribution is -2.50. The van der Waals surface area contributed by atoms with E-state index >= 15 is 0 Å². The van der Waals surface area contributed by atoms with Crippen molar-refractivity contribution in [2.75, 3.05) is 13.2 Å². The van der Waals surface area contributed by atoms with Gasteiger partial charge in [-0.25, -0.2) is 4.68 Å². The van der Waals surface area contributed by atoms with Crippen molar-refractivity contribution in [3.05, 3.63) is 59.7 Å². The molecule has 8 heteroatoms. The zero-order chi connectivity index (χ0) is 24.9. The Morgan fingerprint density at radius 2 is 1.83 bits per heavy atom. The maximum absolute atomic E-state index is 14.0. The molecule has 3 aromatic rings. The minimum absolute atomic E-state index is 0.00627. The summed E-state index contributed by atoms with van der Waals surface area (Å²) in [5.74, 6) is -0.292. The standard InChI is InChI=1S/C28H35N5O3/c1-20-10-5-6-14-23(20)27(28(35)29-21-11-3-2-4-12-21)32(18-22-13-9-17-36-22)26(34)19-33-25-16-8-7-15-24(25)30-31-33/h5-8,10,14-16,21-22,27H,2-4,9,11-13,17-19H2,1H3,(H,29,35)/t22-,27-/m1/s1. The van der Waals surface area contributed by atoms with Crippen LogP contribution in [0.25, 0.3) is 11.0 Å². The monoisotopic (exact) mass is 489 g/mol. The number of aryl methyl sites for hydroxylation is 1. The number of rotatable bonds is 8. The fraction of sp³-hybridized carbons (Fsp3) is 0.500. The van der Waals surface area contributed by atoms with Crippen LogP contribution in [0.1, 0.15) is 62.1 Å². The van der Waals surface area contributed by atoms with Gasteiger partial charge in [-0.1, -0.05) is 60.9 Å². The number of amides is 2. The van der Waals surface area contributed by atoms with Gasteiger partial charge in [-0.05, 0) is 55.9 Å². The Kier molecular flexibility index (Phi) is 7.60. The molecule has 0 radical (unpaired) electrons. The third-order valence-electron chi connectivity index (χ3n) is 7.44. The Hall–Kier alpha value is -3.26. The molecule has 0 spiro atoms. The van der Waals surface area contributed by atoms with Gasteiger partial charge in [-0.3, -0.25) is 9.59 Å². The van der Waals surface area contributed by atoms with Crippen LogP contribution < -0.4 is 5.32 Å². The molecule has 2 aliphatic rings. The van der Waals surface area contributed by atoms with Crippen molar-refractivity contribution >= 4 is 22.8 Å². The van der Waals surface area contributed by atoms with Crippen molar-refractivity contribution in [3.8, 4) is 0 Å². The first kappa shape index (κ1) is 24.4. The van der Waals surface area contributed by atoms with E-state index in [0.29, 0.717) is 13.2 Å². The quantitative estimate of drug-likeness (QED) is 0.518. The number of nitrogens with zero attached hydrogens (tertiary/aromatic N) is 4. The molecular formula is C28H35N5O3. The van der Waals surface area contributed by atoms with Crippen molar-refractivity contribution in [2.45, 2.75) is 76.6 Å². The molecule has 2 aromatic carbocycles. The molecule has 2 fully saturated rings. The fourth-order valence-corrected chi connectivity index (χ4v) is 5.48. The van der Waals surface area contributed by atoms with E-state index in [1.165, 1.54) is 6.42 Å². The second kappa shape index (κ2) is 11.2. The first-order valence-electron chi connectivity index (χ1n) is 13.2. The molecule has 1 aliphatic carbocycles. The van der Waals surface area contributed by atoms with Crippen LogP contribution in [0.4, 0.5) is 0 Å². The van der Waals surface area contributed by atoms with E-state index in [-0.39, 0.29) is 30.5 Å². The number of fused-ring (bicyclic) bond motifs is 1. The zero-order valence-corrected chi connectivity index (χ0v) is 20.9. The van der Waals surface area contributed by atoms with Crippen molar-refractivity contribution in [3.63, 3.8) is 0 Å². The molecule has 36 heavy (non-hydrogen) atoms. The van der Waals surface area contributed by atoms with Crippen LogP contribution >= 0.6 is 0 Å². The topological polar surface area (TPSA) is 89.4 Å². The molecule has 1 saturated carbocycles. The van der Waals surface area contributed by atoms with Crippen LogP contribution in [-0.2, 0) is 20.9 Å².